The number of phenolic OH excluding ortho intramolecular Hbond substituents is 1. The van der Waals surface area contributed by atoms with Crippen LogP contribution in [0.15, 0.2) is 24.3 Å². The number of carbonyl (C=O) groups is 1. The number of rotatable bonds is 1. The van der Waals surface area contributed by atoms with E-state index in [1.54, 1.807) is 18.2 Å². The number of nitrogens with zero attached hydrogens (tertiary/aromatic N) is 2. The molecule has 0 aliphatic carbocycles. The summed E-state index contributed by atoms with van der Waals surface area (Å²) in [6.07, 6.45) is 0. The maximum atomic E-state index is 12.3. The van der Waals surface area contributed by atoms with Gasteiger partial charge in [0.05, 0.1) is 0 Å². The zero-order valence-electron chi connectivity index (χ0n) is 10.3. The Morgan fingerprint density at radius 1 is 1.41 bits per heavy atom. The van der Waals surface area contributed by atoms with E-state index in [9.17, 15) is 9.90 Å². The number of aromatic hydroxyl groups is 1. The summed E-state index contributed by atoms with van der Waals surface area (Å²) in [6.45, 7) is 4.59. The maximum Gasteiger partial charge on any atom is 0.254 e. The molecule has 1 aromatic carbocycles. The fourth-order valence-electron chi connectivity index (χ4n) is 2.25. The topological polar surface area (TPSA) is 43.8 Å². The molecular formula is C13H18N2O2. The quantitative estimate of drug-likeness (QED) is 0.793. The summed E-state index contributed by atoms with van der Waals surface area (Å²) in [6, 6.07) is 6.75. The first kappa shape index (κ1) is 11.9. The van der Waals surface area contributed by atoms with Gasteiger partial charge in [-0.2, -0.15) is 0 Å². The van der Waals surface area contributed by atoms with Gasteiger partial charge >= 0.3 is 0 Å². The minimum absolute atomic E-state index is 0.00139. The number of piperazine rings is 1. The molecule has 1 unspecified atom stereocenters. The van der Waals surface area contributed by atoms with E-state index in [0.29, 0.717) is 5.56 Å². The van der Waals surface area contributed by atoms with E-state index in [1.807, 2.05) is 4.90 Å². The number of hydrogen-bond acceptors (Lipinski definition) is 3. The van der Waals surface area contributed by atoms with Crippen LogP contribution in [0.2, 0.25) is 0 Å². The molecule has 1 fully saturated rings. The fourth-order valence-corrected chi connectivity index (χ4v) is 2.25. The van der Waals surface area contributed by atoms with Crippen molar-refractivity contribution in [3.05, 3.63) is 29.8 Å². The van der Waals surface area contributed by atoms with Gasteiger partial charge in [0.25, 0.3) is 5.91 Å². The third-order valence-electron chi connectivity index (χ3n) is 3.18. The number of phenols is 1. The predicted molar refractivity (Wildman–Crippen MR) is 66.1 cm³/mol. The molecule has 1 atom stereocenters. The highest BCUT2D eigenvalue weighted by Crippen LogP contribution is 2.16. The van der Waals surface area contributed by atoms with Crippen LogP contribution in [0.4, 0.5) is 0 Å². The lowest BCUT2D eigenvalue weighted by Crippen LogP contribution is -2.52. The molecule has 1 saturated heterocycles. The summed E-state index contributed by atoms with van der Waals surface area (Å²) in [5, 5.41) is 9.39. The van der Waals surface area contributed by atoms with Crippen LogP contribution in [-0.4, -0.2) is 53.5 Å². The van der Waals surface area contributed by atoms with Crippen molar-refractivity contribution < 1.29 is 9.90 Å². The largest absolute Gasteiger partial charge is 0.508 e. The molecule has 4 heteroatoms. The second kappa shape index (κ2) is 4.75. The summed E-state index contributed by atoms with van der Waals surface area (Å²) in [5.41, 5.74) is 0.557. The molecule has 0 saturated carbocycles. The highest BCUT2D eigenvalue weighted by molar-refractivity contribution is 5.94. The maximum absolute atomic E-state index is 12.3. The van der Waals surface area contributed by atoms with Crippen molar-refractivity contribution in [2.45, 2.75) is 13.0 Å². The Morgan fingerprint density at radius 2 is 2.18 bits per heavy atom. The Labute approximate surface area is 101 Å². The molecule has 0 radical (unpaired) electrons. The SMILES string of the molecule is CC1CN(C)CCN1C(=O)c1cccc(O)c1. The second-order valence-corrected chi connectivity index (χ2v) is 4.66. The van der Waals surface area contributed by atoms with Crippen LogP contribution < -0.4 is 0 Å². The first-order valence-electron chi connectivity index (χ1n) is 5.86. The van der Waals surface area contributed by atoms with Gasteiger partial charge in [0.1, 0.15) is 5.75 Å². The van der Waals surface area contributed by atoms with Gasteiger partial charge in [-0.15, -0.1) is 0 Å². The molecule has 1 aromatic rings. The monoisotopic (exact) mass is 234 g/mol. The number of hydrogen-bond donors (Lipinski definition) is 1. The Morgan fingerprint density at radius 3 is 2.82 bits per heavy atom. The zero-order valence-corrected chi connectivity index (χ0v) is 10.3. The standard InChI is InChI=1S/C13H18N2O2/c1-10-9-14(2)6-7-15(10)13(17)11-4-3-5-12(16)8-11/h3-5,8,10,16H,6-7,9H2,1-2H3. The third-order valence-corrected chi connectivity index (χ3v) is 3.18. The minimum Gasteiger partial charge on any atom is -0.508 e. The summed E-state index contributed by atoms with van der Waals surface area (Å²) >= 11 is 0. The molecular weight excluding hydrogens is 216 g/mol. The van der Waals surface area contributed by atoms with E-state index in [1.165, 1.54) is 6.07 Å². The molecule has 1 heterocycles. The van der Waals surface area contributed by atoms with Crippen LogP contribution in [0.25, 0.3) is 0 Å². The first-order valence-corrected chi connectivity index (χ1v) is 5.86. The number of amides is 1. The molecule has 2 rings (SSSR count). The molecule has 0 spiro atoms. The Bertz CT molecular complexity index is 420. The van der Waals surface area contributed by atoms with Gasteiger partial charge in [-0.3, -0.25) is 4.79 Å². The Balaban J connectivity index is 2.15. The molecule has 1 N–H and O–H groups in total. The summed E-state index contributed by atoms with van der Waals surface area (Å²) in [7, 11) is 2.06. The van der Waals surface area contributed by atoms with Crippen LogP contribution in [0.1, 0.15) is 17.3 Å². The highest BCUT2D eigenvalue weighted by Gasteiger charge is 2.26. The average Bonchev–Trinajstić information content (AvgIpc) is 2.28. The first-order chi connectivity index (χ1) is 8.08. The lowest BCUT2D eigenvalue weighted by atomic mass is 10.1. The summed E-state index contributed by atoms with van der Waals surface area (Å²) in [5.74, 6) is 0.138. The predicted octanol–water partition coefficient (Wildman–Crippen LogP) is 1.17. The summed E-state index contributed by atoms with van der Waals surface area (Å²) < 4.78 is 0. The third kappa shape index (κ3) is 2.58. The number of benzene rings is 1. The van der Waals surface area contributed by atoms with Crippen LogP contribution in [-0.2, 0) is 0 Å². The van der Waals surface area contributed by atoms with E-state index < -0.39 is 0 Å². The Hall–Kier alpha value is -1.55. The van der Waals surface area contributed by atoms with Crippen molar-refractivity contribution in [1.82, 2.24) is 9.80 Å². The molecule has 17 heavy (non-hydrogen) atoms. The van der Waals surface area contributed by atoms with Crippen molar-refractivity contribution >= 4 is 5.91 Å². The van der Waals surface area contributed by atoms with Crippen molar-refractivity contribution in [3.8, 4) is 5.75 Å². The number of carbonyl (C=O) groups excluding carboxylic acids is 1. The lowest BCUT2D eigenvalue weighted by Gasteiger charge is -2.38. The van der Waals surface area contributed by atoms with E-state index in [2.05, 4.69) is 18.9 Å². The molecule has 4 nitrogen and oxygen atoms in total. The van der Waals surface area contributed by atoms with E-state index in [4.69, 9.17) is 0 Å². The molecule has 1 aliphatic heterocycles. The van der Waals surface area contributed by atoms with Gasteiger partial charge in [0.2, 0.25) is 0 Å². The van der Waals surface area contributed by atoms with E-state index in [0.717, 1.165) is 19.6 Å². The van der Waals surface area contributed by atoms with Crippen LogP contribution >= 0.6 is 0 Å². The lowest BCUT2D eigenvalue weighted by molar-refractivity contribution is 0.0533. The minimum atomic E-state index is 0.00139. The van der Waals surface area contributed by atoms with Crippen molar-refractivity contribution in [3.63, 3.8) is 0 Å². The van der Waals surface area contributed by atoms with Crippen LogP contribution in [0, 0.1) is 0 Å². The fraction of sp³-hybridized carbons (Fsp3) is 0.462. The highest BCUT2D eigenvalue weighted by atomic mass is 16.3. The summed E-state index contributed by atoms with van der Waals surface area (Å²) in [4.78, 5) is 16.4. The van der Waals surface area contributed by atoms with Gasteiger partial charge in [-0.05, 0) is 32.2 Å². The smallest absolute Gasteiger partial charge is 0.254 e. The van der Waals surface area contributed by atoms with Crippen molar-refractivity contribution in [2.75, 3.05) is 26.7 Å². The molecule has 92 valence electrons. The van der Waals surface area contributed by atoms with Gasteiger partial charge in [-0.25, -0.2) is 0 Å². The second-order valence-electron chi connectivity index (χ2n) is 4.66. The van der Waals surface area contributed by atoms with Crippen molar-refractivity contribution in [1.29, 1.82) is 0 Å². The molecule has 1 amide bonds. The van der Waals surface area contributed by atoms with E-state index in [-0.39, 0.29) is 17.7 Å². The van der Waals surface area contributed by atoms with Gasteiger partial charge in [0.15, 0.2) is 0 Å². The average molecular weight is 234 g/mol. The van der Waals surface area contributed by atoms with Gasteiger partial charge in [0, 0.05) is 31.2 Å². The van der Waals surface area contributed by atoms with Crippen LogP contribution in [0.3, 0.4) is 0 Å². The Kier molecular flexibility index (Phi) is 3.33. The van der Waals surface area contributed by atoms with Crippen LogP contribution in [0.5, 0.6) is 5.75 Å². The molecule has 1 aliphatic rings. The molecule has 0 bridgehead atoms. The van der Waals surface area contributed by atoms with Gasteiger partial charge in [-0.1, -0.05) is 6.07 Å². The van der Waals surface area contributed by atoms with Gasteiger partial charge < -0.3 is 14.9 Å². The molecule has 0 aromatic heterocycles. The zero-order chi connectivity index (χ0) is 12.4. The normalized spacial score (nSPS) is 21.5. The van der Waals surface area contributed by atoms with E-state index >= 15 is 0 Å². The van der Waals surface area contributed by atoms with Crippen molar-refractivity contribution in [2.24, 2.45) is 0 Å². The number of likely N-dealkylation sites (N-methyl/N-ethyl adjacent to an activating group) is 1.